The Hall–Kier alpha value is -0.380. The molecule has 1 saturated heterocycles. The van der Waals surface area contributed by atoms with Gasteiger partial charge in [-0.05, 0) is 38.1 Å². The fourth-order valence-electron chi connectivity index (χ4n) is 2.35. The van der Waals surface area contributed by atoms with E-state index in [2.05, 4.69) is 36.2 Å². The molecule has 0 amide bonds. The van der Waals surface area contributed by atoms with Gasteiger partial charge < -0.3 is 5.32 Å². The molecule has 0 aliphatic carbocycles. The van der Waals surface area contributed by atoms with Crippen LogP contribution >= 0.6 is 11.3 Å². The minimum atomic E-state index is 0.747. The first-order valence-electron chi connectivity index (χ1n) is 6.35. The first-order chi connectivity index (χ1) is 7.83. The van der Waals surface area contributed by atoms with Gasteiger partial charge in [-0.2, -0.15) is 0 Å². The van der Waals surface area contributed by atoms with Crippen molar-refractivity contribution in [3.63, 3.8) is 0 Å². The molecule has 1 aliphatic heterocycles. The summed E-state index contributed by atoms with van der Waals surface area (Å²) in [5.41, 5.74) is 0. The Morgan fingerprint density at radius 3 is 2.75 bits per heavy atom. The van der Waals surface area contributed by atoms with Gasteiger partial charge in [-0.1, -0.05) is 13.8 Å². The number of nitrogens with one attached hydrogen (secondary N) is 1. The van der Waals surface area contributed by atoms with Crippen LogP contribution in [0.15, 0.2) is 12.1 Å². The second-order valence-electron chi connectivity index (χ2n) is 4.43. The number of hydrogen-bond donors (Lipinski definition) is 1. The summed E-state index contributed by atoms with van der Waals surface area (Å²) in [6.45, 7) is 9.14. The Labute approximate surface area is 103 Å². The summed E-state index contributed by atoms with van der Waals surface area (Å²) in [4.78, 5) is 5.63. The second kappa shape index (κ2) is 5.80. The Morgan fingerprint density at radius 2 is 2.19 bits per heavy atom. The lowest BCUT2D eigenvalue weighted by molar-refractivity contribution is 0.212. The maximum Gasteiger partial charge on any atom is 0.0331 e. The Bertz CT molecular complexity index is 315. The Kier molecular flexibility index (Phi) is 4.38. The molecule has 1 atom stereocenters. The number of hydrogen-bond acceptors (Lipinski definition) is 3. The molecule has 0 saturated carbocycles. The van der Waals surface area contributed by atoms with Crippen LogP contribution in [0.3, 0.4) is 0 Å². The van der Waals surface area contributed by atoms with E-state index in [0.717, 1.165) is 19.1 Å². The molecule has 2 rings (SSSR count). The van der Waals surface area contributed by atoms with Crippen molar-refractivity contribution < 1.29 is 0 Å². The molecule has 0 radical (unpaired) electrons. The van der Waals surface area contributed by atoms with Gasteiger partial charge in [-0.15, -0.1) is 11.3 Å². The fourth-order valence-corrected chi connectivity index (χ4v) is 3.33. The SMILES string of the molecule is CCc1ccc(CN(CC)C2CCNC2)s1. The molecular formula is C13H22N2S. The summed E-state index contributed by atoms with van der Waals surface area (Å²) >= 11 is 1.97. The smallest absolute Gasteiger partial charge is 0.0331 e. The van der Waals surface area contributed by atoms with Gasteiger partial charge in [0, 0.05) is 28.9 Å². The van der Waals surface area contributed by atoms with E-state index in [0.29, 0.717) is 0 Å². The number of nitrogens with zero attached hydrogens (tertiary/aromatic N) is 1. The lowest BCUT2D eigenvalue weighted by atomic mass is 10.2. The van der Waals surface area contributed by atoms with Gasteiger partial charge in [0.1, 0.15) is 0 Å². The van der Waals surface area contributed by atoms with E-state index in [9.17, 15) is 0 Å². The molecule has 1 aliphatic rings. The zero-order chi connectivity index (χ0) is 11.4. The molecule has 90 valence electrons. The average molecular weight is 238 g/mol. The highest BCUT2D eigenvalue weighted by atomic mass is 32.1. The maximum absolute atomic E-state index is 3.45. The predicted octanol–water partition coefficient (Wildman–Crippen LogP) is 2.49. The Morgan fingerprint density at radius 1 is 1.38 bits per heavy atom. The van der Waals surface area contributed by atoms with E-state index >= 15 is 0 Å². The van der Waals surface area contributed by atoms with Crippen molar-refractivity contribution in [1.29, 1.82) is 0 Å². The highest BCUT2D eigenvalue weighted by Crippen LogP contribution is 2.20. The standard InChI is InChI=1S/C13H22N2S/c1-3-12-5-6-13(16-12)10-15(4-2)11-7-8-14-9-11/h5-6,11,14H,3-4,7-10H2,1-2H3. The largest absolute Gasteiger partial charge is 0.315 e. The number of likely N-dealkylation sites (N-methyl/N-ethyl adjacent to an activating group) is 1. The second-order valence-corrected chi connectivity index (χ2v) is 5.68. The van der Waals surface area contributed by atoms with E-state index in [1.165, 1.54) is 35.7 Å². The van der Waals surface area contributed by atoms with E-state index < -0.39 is 0 Å². The first kappa shape index (κ1) is 12.1. The van der Waals surface area contributed by atoms with Crippen molar-refractivity contribution in [3.05, 3.63) is 21.9 Å². The van der Waals surface area contributed by atoms with Gasteiger partial charge in [0.25, 0.3) is 0 Å². The Balaban J connectivity index is 1.94. The average Bonchev–Trinajstić information content (AvgIpc) is 2.96. The number of rotatable bonds is 5. The first-order valence-corrected chi connectivity index (χ1v) is 7.17. The summed E-state index contributed by atoms with van der Waals surface area (Å²) in [5.74, 6) is 0. The molecule has 1 N–H and O–H groups in total. The van der Waals surface area contributed by atoms with E-state index in [1.54, 1.807) is 0 Å². The molecule has 0 spiro atoms. The molecule has 1 aromatic rings. The highest BCUT2D eigenvalue weighted by molar-refractivity contribution is 7.11. The monoisotopic (exact) mass is 238 g/mol. The van der Waals surface area contributed by atoms with Crippen LogP contribution in [0.1, 0.15) is 30.0 Å². The summed E-state index contributed by atoms with van der Waals surface area (Å²) in [6, 6.07) is 5.33. The quantitative estimate of drug-likeness (QED) is 0.848. The van der Waals surface area contributed by atoms with Crippen molar-refractivity contribution in [2.24, 2.45) is 0 Å². The van der Waals surface area contributed by atoms with Crippen molar-refractivity contribution in [1.82, 2.24) is 10.2 Å². The van der Waals surface area contributed by atoms with Gasteiger partial charge in [-0.3, -0.25) is 4.90 Å². The zero-order valence-electron chi connectivity index (χ0n) is 10.3. The van der Waals surface area contributed by atoms with Crippen LogP contribution < -0.4 is 5.32 Å². The summed E-state index contributed by atoms with van der Waals surface area (Å²) in [6.07, 6.45) is 2.47. The summed E-state index contributed by atoms with van der Waals surface area (Å²) < 4.78 is 0. The van der Waals surface area contributed by atoms with Crippen LogP contribution in [0.2, 0.25) is 0 Å². The predicted molar refractivity (Wildman–Crippen MR) is 71.1 cm³/mol. The molecule has 2 nitrogen and oxygen atoms in total. The van der Waals surface area contributed by atoms with Crippen molar-refractivity contribution in [2.75, 3.05) is 19.6 Å². The normalized spacial score (nSPS) is 20.8. The van der Waals surface area contributed by atoms with Crippen LogP contribution in [-0.2, 0) is 13.0 Å². The molecule has 0 bridgehead atoms. The molecule has 16 heavy (non-hydrogen) atoms. The van der Waals surface area contributed by atoms with Crippen LogP contribution in [-0.4, -0.2) is 30.6 Å². The van der Waals surface area contributed by atoms with Crippen LogP contribution in [0.25, 0.3) is 0 Å². The molecule has 2 heterocycles. The van der Waals surface area contributed by atoms with Gasteiger partial charge in [-0.25, -0.2) is 0 Å². The van der Waals surface area contributed by atoms with Crippen molar-refractivity contribution >= 4 is 11.3 Å². The van der Waals surface area contributed by atoms with E-state index in [1.807, 2.05) is 11.3 Å². The lowest BCUT2D eigenvalue weighted by Crippen LogP contribution is -2.35. The molecule has 0 aromatic carbocycles. The van der Waals surface area contributed by atoms with Crippen molar-refractivity contribution in [2.45, 2.75) is 39.3 Å². The van der Waals surface area contributed by atoms with Gasteiger partial charge in [0.15, 0.2) is 0 Å². The van der Waals surface area contributed by atoms with Crippen molar-refractivity contribution in [3.8, 4) is 0 Å². The molecule has 1 unspecified atom stereocenters. The molecular weight excluding hydrogens is 216 g/mol. The summed E-state index contributed by atoms with van der Waals surface area (Å²) in [5, 5.41) is 3.45. The van der Waals surface area contributed by atoms with Gasteiger partial charge in [0.05, 0.1) is 0 Å². The minimum Gasteiger partial charge on any atom is -0.315 e. The fraction of sp³-hybridized carbons (Fsp3) is 0.692. The third-order valence-electron chi connectivity index (χ3n) is 3.38. The zero-order valence-corrected chi connectivity index (χ0v) is 11.1. The van der Waals surface area contributed by atoms with Crippen LogP contribution in [0, 0.1) is 0 Å². The van der Waals surface area contributed by atoms with E-state index in [-0.39, 0.29) is 0 Å². The highest BCUT2D eigenvalue weighted by Gasteiger charge is 2.21. The van der Waals surface area contributed by atoms with Gasteiger partial charge in [0.2, 0.25) is 0 Å². The van der Waals surface area contributed by atoms with Gasteiger partial charge >= 0.3 is 0 Å². The summed E-state index contributed by atoms with van der Waals surface area (Å²) in [7, 11) is 0. The third-order valence-corrected chi connectivity index (χ3v) is 4.60. The number of aryl methyl sites for hydroxylation is 1. The topological polar surface area (TPSA) is 15.3 Å². The van der Waals surface area contributed by atoms with Crippen LogP contribution in [0.5, 0.6) is 0 Å². The number of thiophene rings is 1. The van der Waals surface area contributed by atoms with E-state index in [4.69, 9.17) is 0 Å². The third kappa shape index (κ3) is 2.84. The minimum absolute atomic E-state index is 0.747. The maximum atomic E-state index is 3.45. The van der Waals surface area contributed by atoms with Crippen LogP contribution in [0.4, 0.5) is 0 Å². The molecule has 1 aromatic heterocycles. The lowest BCUT2D eigenvalue weighted by Gasteiger charge is -2.26. The molecule has 1 fully saturated rings. The molecule has 3 heteroatoms.